The molecule has 1 aliphatic carbocycles. The average Bonchev–Trinajstić information content (AvgIpc) is 3.19. The molecule has 31 heavy (non-hydrogen) atoms. The van der Waals surface area contributed by atoms with Crippen LogP contribution in [0.5, 0.6) is 0 Å². The van der Waals surface area contributed by atoms with Crippen molar-refractivity contribution in [2.75, 3.05) is 13.2 Å². The number of rotatable bonds is 6. The van der Waals surface area contributed by atoms with Gasteiger partial charge in [-0.05, 0) is 42.9 Å². The molecular formula is C25H28N2O4. The highest BCUT2D eigenvalue weighted by molar-refractivity contribution is 5.88. The summed E-state index contributed by atoms with van der Waals surface area (Å²) in [5, 5.41) is 2.98. The van der Waals surface area contributed by atoms with Crippen LogP contribution in [0.4, 0.5) is 0 Å². The van der Waals surface area contributed by atoms with Gasteiger partial charge in [0, 0.05) is 13.0 Å². The van der Waals surface area contributed by atoms with E-state index in [0.717, 1.165) is 30.4 Å². The zero-order valence-electron chi connectivity index (χ0n) is 17.8. The normalized spacial score (nSPS) is 21.3. The number of esters is 1. The van der Waals surface area contributed by atoms with Gasteiger partial charge >= 0.3 is 5.97 Å². The number of carbonyl (C=O) groups is 3. The standard InChI is InChI=1S/C25H28N2O4/c1-17(18-8-3-2-4-9-18)27-15-20(14-24(27)29)25(30)31-16-23(28)26-22-13-7-11-19-10-5-6-12-21(19)22/h2-6,8-10,12,17,20,22H,7,11,13-16H2,1H3,(H,26,28)/t17-,20-,22+/m0/s1. The van der Waals surface area contributed by atoms with Crippen molar-refractivity contribution in [3.05, 3.63) is 71.3 Å². The summed E-state index contributed by atoms with van der Waals surface area (Å²) in [5.74, 6) is -1.41. The smallest absolute Gasteiger partial charge is 0.311 e. The molecule has 6 nitrogen and oxygen atoms in total. The third-order valence-electron chi connectivity index (χ3n) is 6.29. The van der Waals surface area contributed by atoms with E-state index in [4.69, 9.17) is 4.74 Å². The predicted molar refractivity (Wildman–Crippen MR) is 116 cm³/mol. The quantitative estimate of drug-likeness (QED) is 0.728. The van der Waals surface area contributed by atoms with Gasteiger partial charge in [-0.1, -0.05) is 54.6 Å². The lowest BCUT2D eigenvalue weighted by atomic mass is 9.88. The number of benzene rings is 2. The van der Waals surface area contributed by atoms with E-state index in [9.17, 15) is 14.4 Å². The summed E-state index contributed by atoms with van der Waals surface area (Å²) in [6.07, 6.45) is 3.03. The fourth-order valence-corrected chi connectivity index (χ4v) is 4.57. The van der Waals surface area contributed by atoms with Gasteiger partial charge in [-0.25, -0.2) is 0 Å². The molecule has 0 spiro atoms. The van der Waals surface area contributed by atoms with Crippen LogP contribution in [-0.2, 0) is 25.5 Å². The minimum absolute atomic E-state index is 0.0496. The molecule has 2 aromatic rings. The highest BCUT2D eigenvalue weighted by Crippen LogP contribution is 2.30. The van der Waals surface area contributed by atoms with Crippen molar-refractivity contribution >= 4 is 17.8 Å². The summed E-state index contributed by atoms with van der Waals surface area (Å²) in [6.45, 7) is 1.94. The van der Waals surface area contributed by atoms with Crippen molar-refractivity contribution in [3.8, 4) is 0 Å². The summed E-state index contributed by atoms with van der Waals surface area (Å²) < 4.78 is 5.27. The van der Waals surface area contributed by atoms with Gasteiger partial charge in [0.15, 0.2) is 6.61 Å². The molecule has 1 fully saturated rings. The molecule has 4 rings (SSSR count). The van der Waals surface area contributed by atoms with Crippen molar-refractivity contribution in [2.24, 2.45) is 5.92 Å². The maximum Gasteiger partial charge on any atom is 0.311 e. The lowest BCUT2D eigenvalue weighted by molar-refractivity contribution is -0.152. The fourth-order valence-electron chi connectivity index (χ4n) is 4.57. The first-order valence-corrected chi connectivity index (χ1v) is 10.9. The van der Waals surface area contributed by atoms with Crippen molar-refractivity contribution in [1.82, 2.24) is 10.2 Å². The SMILES string of the molecule is C[C@@H](c1ccccc1)N1C[C@@H](C(=O)OCC(=O)N[C@@H]2CCCc3ccccc32)CC1=O. The Bertz CT molecular complexity index is 959. The maximum atomic E-state index is 12.5. The van der Waals surface area contributed by atoms with Crippen LogP contribution in [0.2, 0.25) is 0 Å². The summed E-state index contributed by atoms with van der Waals surface area (Å²) >= 11 is 0. The first-order valence-electron chi connectivity index (χ1n) is 10.9. The number of amides is 2. The zero-order valence-corrected chi connectivity index (χ0v) is 17.8. The van der Waals surface area contributed by atoms with Gasteiger partial charge in [0.25, 0.3) is 5.91 Å². The van der Waals surface area contributed by atoms with Gasteiger partial charge in [0.1, 0.15) is 0 Å². The van der Waals surface area contributed by atoms with Gasteiger partial charge in [0.2, 0.25) is 5.91 Å². The van der Waals surface area contributed by atoms with Crippen LogP contribution in [0, 0.1) is 5.92 Å². The van der Waals surface area contributed by atoms with Gasteiger partial charge in [-0.15, -0.1) is 0 Å². The second kappa shape index (κ2) is 9.33. The molecule has 6 heteroatoms. The molecule has 3 atom stereocenters. The van der Waals surface area contributed by atoms with Crippen LogP contribution in [-0.4, -0.2) is 35.8 Å². The Morgan fingerprint density at radius 3 is 2.68 bits per heavy atom. The van der Waals surface area contributed by atoms with E-state index in [2.05, 4.69) is 11.4 Å². The van der Waals surface area contributed by atoms with E-state index in [1.54, 1.807) is 4.90 Å². The van der Waals surface area contributed by atoms with Crippen LogP contribution in [0.3, 0.4) is 0 Å². The fraction of sp³-hybridized carbons (Fsp3) is 0.400. The first-order chi connectivity index (χ1) is 15.0. The molecule has 2 amide bonds. The summed E-state index contributed by atoms with van der Waals surface area (Å²) in [4.78, 5) is 39.1. The second-order valence-electron chi connectivity index (χ2n) is 8.35. The van der Waals surface area contributed by atoms with E-state index < -0.39 is 11.9 Å². The topological polar surface area (TPSA) is 75.7 Å². The van der Waals surface area contributed by atoms with Gasteiger partial charge in [-0.3, -0.25) is 14.4 Å². The lowest BCUT2D eigenvalue weighted by Gasteiger charge is -2.26. The van der Waals surface area contributed by atoms with Gasteiger partial charge in [-0.2, -0.15) is 0 Å². The summed E-state index contributed by atoms with van der Waals surface area (Å²) in [6, 6.07) is 17.7. The van der Waals surface area contributed by atoms with E-state index in [0.29, 0.717) is 6.54 Å². The number of ether oxygens (including phenoxy) is 1. The van der Waals surface area contributed by atoms with E-state index >= 15 is 0 Å². The Morgan fingerprint density at radius 1 is 1.13 bits per heavy atom. The van der Waals surface area contributed by atoms with E-state index in [1.165, 1.54) is 5.56 Å². The monoisotopic (exact) mass is 420 g/mol. The van der Waals surface area contributed by atoms with Crippen molar-refractivity contribution in [1.29, 1.82) is 0 Å². The minimum atomic E-state index is -0.540. The molecule has 1 aliphatic heterocycles. The molecule has 2 aliphatic rings. The zero-order chi connectivity index (χ0) is 21.8. The third kappa shape index (κ3) is 4.79. The molecule has 0 bridgehead atoms. The van der Waals surface area contributed by atoms with Crippen molar-refractivity contribution in [2.45, 2.75) is 44.7 Å². The van der Waals surface area contributed by atoms with E-state index in [-0.39, 0.29) is 36.9 Å². The Kier molecular flexibility index (Phi) is 6.35. The van der Waals surface area contributed by atoms with Crippen molar-refractivity contribution < 1.29 is 19.1 Å². The Hall–Kier alpha value is -3.15. The third-order valence-corrected chi connectivity index (χ3v) is 6.29. The molecule has 0 aromatic heterocycles. The maximum absolute atomic E-state index is 12.5. The van der Waals surface area contributed by atoms with Crippen LogP contribution in [0.15, 0.2) is 54.6 Å². The molecule has 0 unspecified atom stereocenters. The highest BCUT2D eigenvalue weighted by Gasteiger charge is 2.38. The number of hydrogen-bond donors (Lipinski definition) is 1. The molecule has 1 N–H and O–H groups in total. The second-order valence-corrected chi connectivity index (χ2v) is 8.35. The van der Waals surface area contributed by atoms with Gasteiger partial charge < -0.3 is 15.0 Å². The number of hydrogen-bond acceptors (Lipinski definition) is 4. The molecule has 0 saturated carbocycles. The largest absolute Gasteiger partial charge is 0.455 e. The van der Waals surface area contributed by atoms with Crippen LogP contribution in [0.25, 0.3) is 0 Å². The number of fused-ring (bicyclic) bond motifs is 1. The number of nitrogens with zero attached hydrogens (tertiary/aromatic N) is 1. The molecular weight excluding hydrogens is 392 g/mol. The number of likely N-dealkylation sites (tertiary alicyclic amines) is 1. The molecule has 162 valence electrons. The predicted octanol–water partition coefficient (Wildman–Crippen LogP) is 3.33. The molecule has 2 aromatic carbocycles. The lowest BCUT2D eigenvalue weighted by Crippen LogP contribution is -2.35. The van der Waals surface area contributed by atoms with Gasteiger partial charge in [0.05, 0.1) is 18.0 Å². The number of carbonyl (C=O) groups excluding carboxylic acids is 3. The molecule has 1 heterocycles. The van der Waals surface area contributed by atoms with Crippen molar-refractivity contribution in [3.63, 3.8) is 0 Å². The Balaban J connectivity index is 1.28. The summed E-state index contributed by atoms with van der Waals surface area (Å²) in [7, 11) is 0. The van der Waals surface area contributed by atoms with E-state index in [1.807, 2.05) is 55.5 Å². The summed E-state index contributed by atoms with van der Waals surface area (Å²) in [5.41, 5.74) is 3.42. The Morgan fingerprint density at radius 2 is 1.87 bits per heavy atom. The number of nitrogens with one attached hydrogen (secondary N) is 1. The first kappa shape index (κ1) is 21.1. The molecule has 0 radical (unpaired) electrons. The minimum Gasteiger partial charge on any atom is -0.455 e. The Labute approximate surface area is 182 Å². The van der Waals surface area contributed by atoms with Crippen LogP contribution in [0.1, 0.15) is 55.0 Å². The average molecular weight is 421 g/mol. The highest BCUT2D eigenvalue weighted by atomic mass is 16.5. The van der Waals surface area contributed by atoms with Crippen LogP contribution >= 0.6 is 0 Å². The molecule has 1 saturated heterocycles. The van der Waals surface area contributed by atoms with Crippen LogP contribution < -0.4 is 5.32 Å². The number of aryl methyl sites for hydroxylation is 1.